The topological polar surface area (TPSA) is 35.5 Å². The number of hydrogen-bond donors (Lipinski definition) is 0. The molecular formula is C14H22O3. The number of Topliss-reactive ketones (excluding diaryl/α,β-unsaturated/α-hetero) is 1. The Morgan fingerprint density at radius 1 is 1.53 bits per heavy atom. The molecule has 0 bridgehead atoms. The lowest BCUT2D eigenvalue weighted by Crippen LogP contribution is -2.35. The van der Waals surface area contributed by atoms with Crippen LogP contribution in [0.1, 0.15) is 39.5 Å². The van der Waals surface area contributed by atoms with E-state index < -0.39 is 0 Å². The summed E-state index contributed by atoms with van der Waals surface area (Å²) in [5, 5.41) is 0. The van der Waals surface area contributed by atoms with Crippen molar-refractivity contribution in [3.8, 4) is 0 Å². The SMILES string of the molecule is COCO[C@@H]1CC=C2[C@@H](C)CCC(=O)C[C@@]21C. The summed E-state index contributed by atoms with van der Waals surface area (Å²) in [4.78, 5) is 11.9. The van der Waals surface area contributed by atoms with Gasteiger partial charge in [-0.25, -0.2) is 0 Å². The van der Waals surface area contributed by atoms with E-state index in [0.717, 1.165) is 12.8 Å². The quantitative estimate of drug-likeness (QED) is 0.560. The highest BCUT2D eigenvalue weighted by atomic mass is 16.7. The van der Waals surface area contributed by atoms with E-state index in [1.807, 2.05) is 0 Å². The highest BCUT2D eigenvalue weighted by Crippen LogP contribution is 2.49. The molecule has 2 aliphatic rings. The van der Waals surface area contributed by atoms with Gasteiger partial charge in [-0.1, -0.05) is 25.5 Å². The van der Waals surface area contributed by atoms with Crippen LogP contribution in [0.2, 0.25) is 0 Å². The van der Waals surface area contributed by atoms with E-state index in [1.54, 1.807) is 7.11 Å². The zero-order valence-electron chi connectivity index (χ0n) is 11.0. The summed E-state index contributed by atoms with van der Waals surface area (Å²) in [6.45, 7) is 4.71. The van der Waals surface area contributed by atoms with Crippen molar-refractivity contribution in [2.75, 3.05) is 13.9 Å². The molecule has 17 heavy (non-hydrogen) atoms. The maximum atomic E-state index is 11.9. The molecule has 0 amide bonds. The fraction of sp³-hybridized carbons (Fsp3) is 0.786. The van der Waals surface area contributed by atoms with E-state index in [9.17, 15) is 4.79 Å². The van der Waals surface area contributed by atoms with Crippen molar-refractivity contribution in [3.63, 3.8) is 0 Å². The molecule has 0 aromatic heterocycles. The molecule has 3 heteroatoms. The van der Waals surface area contributed by atoms with Gasteiger partial charge in [-0.05, 0) is 18.8 Å². The molecular weight excluding hydrogens is 216 g/mol. The standard InChI is InChI=1S/C14H22O3/c1-10-4-5-11(15)8-14(2)12(10)6-7-13(14)17-9-16-3/h6,10,13H,4-5,7-9H2,1-3H3/t10-,13+,14-/m0/s1. The predicted molar refractivity (Wildman–Crippen MR) is 65.6 cm³/mol. The molecule has 0 aromatic rings. The average molecular weight is 238 g/mol. The molecule has 0 spiro atoms. The number of methoxy groups -OCH3 is 1. The van der Waals surface area contributed by atoms with Crippen LogP contribution in [0.4, 0.5) is 0 Å². The molecule has 0 saturated heterocycles. The highest BCUT2D eigenvalue weighted by Gasteiger charge is 2.46. The van der Waals surface area contributed by atoms with Crippen molar-refractivity contribution in [2.45, 2.75) is 45.6 Å². The second-order valence-corrected chi connectivity index (χ2v) is 5.53. The lowest BCUT2D eigenvalue weighted by Gasteiger charge is -2.34. The first-order valence-electron chi connectivity index (χ1n) is 6.40. The fourth-order valence-corrected chi connectivity index (χ4v) is 3.33. The van der Waals surface area contributed by atoms with Gasteiger partial charge in [0.15, 0.2) is 0 Å². The van der Waals surface area contributed by atoms with E-state index in [-0.39, 0.29) is 11.5 Å². The van der Waals surface area contributed by atoms with Gasteiger partial charge in [0, 0.05) is 25.4 Å². The number of ketones is 1. The lowest BCUT2D eigenvalue weighted by molar-refractivity contribution is -0.127. The van der Waals surface area contributed by atoms with Crippen LogP contribution >= 0.6 is 0 Å². The number of fused-ring (bicyclic) bond motifs is 1. The Morgan fingerprint density at radius 3 is 3.00 bits per heavy atom. The highest BCUT2D eigenvalue weighted by molar-refractivity contribution is 5.80. The van der Waals surface area contributed by atoms with Gasteiger partial charge in [0.1, 0.15) is 12.6 Å². The minimum Gasteiger partial charge on any atom is -0.359 e. The van der Waals surface area contributed by atoms with E-state index in [4.69, 9.17) is 9.47 Å². The summed E-state index contributed by atoms with van der Waals surface area (Å²) in [5.41, 5.74) is 1.32. The molecule has 0 unspecified atom stereocenters. The van der Waals surface area contributed by atoms with Crippen molar-refractivity contribution < 1.29 is 14.3 Å². The van der Waals surface area contributed by atoms with Gasteiger partial charge in [0.2, 0.25) is 0 Å². The third kappa shape index (κ3) is 2.31. The Kier molecular flexibility index (Phi) is 3.69. The van der Waals surface area contributed by atoms with Gasteiger partial charge >= 0.3 is 0 Å². The first-order valence-corrected chi connectivity index (χ1v) is 6.40. The summed E-state index contributed by atoms with van der Waals surface area (Å²) in [5.74, 6) is 0.873. The second kappa shape index (κ2) is 4.91. The average Bonchev–Trinajstić information content (AvgIpc) is 2.54. The number of rotatable bonds is 3. The third-order valence-electron chi connectivity index (χ3n) is 4.26. The van der Waals surface area contributed by atoms with Crippen molar-refractivity contribution in [1.29, 1.82) is 0 Å². The molecule has 2 rings (SSSR count). The normalized spacial score (nSPS) is 37.6. The third-order valence-corrected chi connectivity index (χ3v) is 4.26. The first kappa shape index (κ1) is 12.8. The lowest BCUT2D eigenvalue weighted by atomic mass is 9.74. The summed E-state index contributed by atoms with van der Waals surface area (Å²) in [6.07, 6.45) is 5.61. The van der Waals surface area contributed by atoms with Crippen molar-refractivity contribution in [1.82, 2.24) is 0 Å². The van der Waals surface area contributed by atoms with Crippen LogP contribution in [0.5, 0.6) is 0 Å². The predicted octanol–water partition coefficient (Wildman–Crippen LogP) is 2.70. The molecule has 3 nitrogen and oxygen atoms in total. The zero-order chi connectivity index (χ0) is 12.5. The van der Waals surface area contributed by atoms with Gasteiger partial charge < -0.3 is 9.47 Å². The Balaban J connectivity index is 2.19. The largest absolute Gasteiger partial charge is 0.359 e. The van der Waals surface area contributed by atoms with E-state index in [0.29, 0.717) is 31.3 Å². The molecule has 1 saturated carbocycles. The molecule has 96 valence electrons. The smallest absolute Gasteiger partial charge is 0.146 e. The minimum atomic E-state index is -0.106. The van der Waals surface area contributed by atoms with Crippen LogP contribution < -0.4 is 0 Å². The maximum Gasteiger partial charge on any atom is 0.146 e. The Labute approximate surface area is 103 Å². The molecule has 1 fully saturated rings. The monoisotopic (exact) mass is 238 g/mol. The van der Waals surface area contributed by atoms with Gasteiger partial charge in [0.05, 0.1) is 6.10 Å². The molecule has 3 atom stereocenters. The van der Waals surface area contributed by atoms with E-state index in [2.05, 4.69) is 19.9 Å². The van der Waals surface area contributed by atoms with Crippen LogP contribution in [0, 0.1) is 11.3 Å². The molecule has 2 aliphatic carbocycles. The minimum absolute atomic E-state index is 0.0990. The molecule has 0 aliphatic heterocycles. The van der Waals surface area contributed by atoms with Crippen LogP contribution in [0.3, 0.4) is 0 Å². The van der Waals surface area contributed by atoms with Crippen molar-refractivity contribution in [3.05, 3.63) is 11.6 Å². The Hall–Kier alpha value is -0.670. The fourth-order valence-electron chi connectivity index (χ4n) is 3.33. The zero-order valence-corrected chi connectivity index (χ0v) is 11.0. The summed E-state index contributed by atoms with van der Waals surface area (Å²) in [7, 11) is 1.63. The summed E-state index contributed by atoms with van der Waals surface area (Å²) < 4.78 is 10.7. The summed E-state index contributed by atoms with van der Waals surface area (Å²) in [6, 6.07) is 0. The van der Waals surface area contributed by atoms with Gasteiger partial charge in [-0.2, -0.15) is 0 Å². The van der Waals surface area contributed by atoms with Gasteiger partial charge in [0.25, 0.3) is 0 Å². The molecule has 0 aromatic carbocycles. The number of ether oxygens (including phenoxy) is 2. The summed E-state index contributed by atoms with van der Waals surface area (Å²) >= 11 is 0. The Bertz CT molecular complexity index is 334. The second-order valence-electron chi connectivity index (χ2n) is 5.53. The van der Waals surface area contributed by atoms with Crippen LogP contribution in [-0.4, -0.2) is 25.8 Å². The Morgan fingerprint density at radius 2 is 2.29 bits per heavy atom. The number of hydrogen-bond acceptors (Lipinski definition) is 3. The van der Waals surface area contributed by atoms with Gasteiger partial charge in [-0.15, -0.1) is 0 Å². The van der Waals surface area contributed by atoms with Crippen LogP contribution in [0.25, 0.3) is 0 Å². The molecule has 0 N–H and O–H groups in total. The van der Waals surface area contributed by atoms with Crippen LogP contribution in [-0.2, 0) is 14.3 Å². The molecule has 0 radical (unpaired) electrons. The first-order chi connectivity index (χ1) is 8.08. The van der Waals surface area contributed by atoms with Crippen LogP contribution in [0.15, 0.2) is 11.6 Å². The van der Waals surface area contributed by atoms with E-state index in [1.165, 1.54) is 5.57 Å². The van der Waals surface area contributed by atoms with Gasteiger partial charge in [-0.3, -0.25) is 4.79 Å². The number of carbonyl (C=O) groups is 1. The van der Waals surface area contributed by atoms with E-state index >= 15 is 0 Å². The number of carbonyl (C=O) groups excluding carboxylic acids is 1. The van der Waals surface area contributed by atoms with Crippen molar-refractivity contribution in [2.24, 2.45) is 11.3 Å². The molecule has 0 heterocycles. The maximum absolute atomic E-state index is 11.9. The van der Waals surface area contributed by atoms with Crippen molar-refractivity contribution >= 4 is 5.78 Å².